The summed E-state index contributed by atoms with van der Waals surface area (Å²) in [6.45, 7) is 2.94. The molecule has 1 heterocycles. The smallest absolute Gasteiger partial charge is 0.423 e. The number of aryl methyl sites for hydroxylation is 1. The molecule has 0 spiro atoms. The fourth-order valence-corrected chi connectivity index (χ4v) is 3.80. The second kappa shape index (κ2) is 9.99. The molecular formula is C24H22ClF3N2O4. The molecule has 180 valence electrons. The van der Waals surface area contributed by atoms with Crippen LogP contribution in [0.4, 0.5) is 13.2 Å². The van der Waals surface area contributed by atoms with Gasteiger partial charge in [-0.15, -0.1) is 0 Å². The lowest BCUT2D eigenvalue weighted by Crippen LogP contribution is -2.47. The highest BCUT2D eigenvalue weighted by Crippen LogP contribution is 2.49. The van der Waals surface area contributed by atoms with Gasteiger partial charge in [0.15, 0.2) is 0 Å². The SMILES string of the molecule is Cc1cnc(C(O)(C(C)c2ccc(OCc3ccc(CC(=O)O)cc3)cc2Cl)C(F)(F)F)cn1. The molecule has 2 N–H and O–H groups in total. The quantitative estimate of drug-likeness (QED) is 0.447. The number of carbonyl (C=O) groups is 1. The zero-order valence-corrected chi connectivity index (χ0v) is 19.1. The molecule has 2 unspecified atom stereocenters. The molecule has 6 nitrogen and oxygen atoms in total. The highest BCUT2D eigenvalue weighted by molar-refractivity contribution is 6.31. The molecule has 0 aliphatic rings. The lowest BCUT2D eigenvalue weighted by Gasteiger charge is -2.35. The molecule has 2 aromatic carbocycles. The summed E-state index contributed by atoms with van der Waals surface area (Å²) in [5.41, 5.74) is -2.04. The molecule has 0 aliphatic heterocycles. The van der Waals surface area contributed by atoms with Crippen molar-refractivity contribution >= 4 is 17.6 Å². The summed E-state index contributed by atoms with van der Waals surface area (Å²) in [6.07, 6.45) is -3.06. The zero-order valence-electron chi connectivity index (χ0n) is 18.3. The van der Waals surface area contributed by atoms with Gasteiger partial charge in [-0.05, 0) is 35.7 Å². The highest BCUT2D eigenvalue weighted by atomic mass is 35.5. The van der Waals surface area contributed by atoms with Crippen LogP contribution in [-0.4, -0.2) is 32.3 Å². The first-order chi connectivity index (χ1) is 15.9. The van der Waals surface area contributed by atoms with Gasteiger partial charge in [-0.1, -0.05) is 48.9 Å². The van der Waals surface area contributed by atoms with Crippen molar-refractivity contribution < 1.29 is 32.9 Å². The summed E-state index contributed by atoms with van der Waals surface area (Å²) in [7, 11) is 0. The summed E-state index contributed by atoms with van der Waals surface area (Å²) >= 11 is 6.29. The van der Waals surface area contributed by atoms with E-state index in [9.17, 15) is 23.1 Å². The predicted octanol–water partition coefficient (Wildman–Crippen LogP) is 5.20. The molecule has 0 radical (unpaired) electrons. The number of hydrogen-bond donors (Lipinski definition) is 2. The number of nitrogens with zero attached hydrogens (tertiary/aromatic N) is 2. The predicted molar refractivity (Wildman–Crippen MR) is 119 cm³/mol. The number of aliphatic carboxylic acids is 1. The first-order valence-corrected chi connectivity index (χ1v) is 10.6. The van der Waals surface area contributed by atoms with Crippen LogP contribution in [-0.2, 0) is 23.4 Å². The Balaban J connectivity index is 1.80. The number of aliphatic hydroxyl groups is 1. The Labute approximate surface area is 199 Å². The minimum Gasteiger partial charge on any atom is -0.489 e. The Bertz CT molecular complexity index is 1150. The Morgan fingerprint density at radius 1 is 1.09 bits per heavy atom. The Morgan fingerprint density at radius 2 is 1.74 bits per heavy atom. The third kappa shape index (κ3) is 5.48. The lowest BCUT2D eigenvalue weighted by molar-refractivity contribution is -0.276. The van der Waals surface area contributed by atoms with E-state index in [4.69, 9.17) is 21.4 Å². The van der Waals surface area contributed by atoms with Crippen LogP contribution in [0.1, 0.15) is 40.9 Å². The van der Waals surface area contributed by atoms with Gasteiger partial charge in [-0.3, -0.25) is 14.8 Å². The highest BCUT2D eigenvalue weighted by Gasteiger charge is 2.60. The molecule has 1 aromatic heterocycles. The van der Waals surface area contributed by atoms with Gasteiger partial charge in [-0.25, -0.2) is 0 Å². The normalized spacial score (nSPS) is 14.3. The van der Waals surface area contributed by atoms with Gasteiger partial charge in [0.1, 0.15) is 18.1 Å². The van der Waals surface area contributed by atoms with Crippen molar-refractivity contribution in [3.8, 4) is 5.75 Å². The first-order valence-electron chi connectivity index (χ1n) is 10.2. The largest absolute Gasteiger partial charge is 0.489 e. The first kappa shape index (κ1) is 25.5. The van der Waals surface area contributed by atoms with E-state index in [1.165, 1.54) is 25.1 Å². The molecule has 0 aliphatic carbocycles. The van der Waals surface area contributed by atoms with E-state index in [1.54, 1.807) is 31.2 Å². The van der Waals surface area contributed by atoms with Crippen molar-refractivity contribution in [2.24, 2.45) is 0 Å². The molecular weight excluding hydrogens is 473 g/mol. The zero-order chi connectivity index (χ0) is 25.1. The second-order valence-corrected chi connectivity index (χ2v) is 8.30. The van der Waals surface area contributed by atoms with Crippen LogP contribution in [0.15, 0.2) is 54.9 Å². The number of carboxylic acid groups (broad SMARTS) is 1. The van der Waals surface area contributed by atoms with Gasteiger partial charge in [0.25, 0.3) is 0 Å². The van der Waals surface area contributed by atoms with Crippen LogP contribution < -0.4 is 4.74 Å². The van der Waals surface area contributed by atoms with Gasteiger partial charge in [0.2, 0.25) is 5.60 Å². The summed E-state index contributed by atoms with van der Waals surface area (Å²) < 4.78 is 47.8. The average Bonchev–Trinajstić information content (AvgIpc) is 2.77. The van der Waals surface area contributed by atoms with E-state index in [2.05, 4.69) is 9.97 Å². The summed E-state index contributed by atoms with van der Waals surface area (Å²) in [5, 5.41) is 19.6. The fourth-order valence-electron chi connectivity index (χ4n) is 3.47. The lowest BCUT2D eigenvalue weighted by atomic mass is 9.80. The van der Waals surface area contributed by atoms with Crippen LogP contribution in [0.3, 0.4) is 0 Å². The number of aromatic nitrogens is 2. The summed E-state index contributed by atoms with van der Waals surface area (Å²) in [5.74, 6) is -2.10. The number of hydrogen-bond acceptors (Lipinski definition) is 5. The van der Waals surface area contributed by atoms with Gasteiger partial charge in [0.05, 0.1) is 18.3 Å². The maximum atomic E-state index is 14.0. The van der Waals surface area contributed by atoms with E-state index in [1.807, 2.05) is 0 Å². The number of ether oxygens (including phenoxy) is 1. The van der Waals surface area contributed by atoms with Gasteiger partial charge in [0, 0.05) is 17.1 Å². The van der Waals surface area contributed by atoms with Crippen LogP contribution in [0, 0.1) is 6.92 Å². The number of benzene rings is 2. The molecule has 0 saturated carbocycles. The maximum Gasteiger partial charge on any atom is 0.423 e. The molecule has 0 bridgehead atoms. The Hall–Kier alpha value is -3.17. The van der Waals surface area contributed by atoms with Crippen LogP contribution >= 0.6 is 11.6 Å². The van der Waals surface area contributed by atoms with Crippen molar-refractivity contribution in [3.63, 3.8) is 0 Å². The van der Waals surface area contributed by atoms with Crippen molar-refractivity contribution in [3.05, 3.63) is 88.0 Å². The van der Waals surface area contributed by atoms with Crippen molar-refractivity contribution in [2.45, 2.75) is 44.6 Å². The molecule has 0 amide bonds. The molecule has 3 aromatic rings. The van der Waals surface area contributed by atoms with Crippen LogP contribution in [0.5, 0.6) is 5.75 Å². The van der Waals surface area contributed by atoms with Gasteiger partial charge >= 0.3 is 12.1 Å². The minimum absolute atomic E-state index is 0.00967. The number of alkyl halides is 3. The number of halogens is 4. The Kier molecular flexibility index (Phi) is 7.48. The van der Waals surface area contributed by atoms with E-state index < -0.39 is 29.4 Å². The third-order valence-corrected chi connectivity index (χ3v) is 5.78. The van der Waals surface area contributed by atoms with E-state index in [0.717, 1.165) is 18.0 Å². The van der Waals surface area contributed by atoms with E-state index in [-0.39, 0.29) is 23.6 Å². The molecule has 34 heavy (non-hydrogen) atoms. The molecule has 0 fully saturated rings. The summed E-state index contributed by atoms with van der Waals surface area (Å²) in [6, 6.07) is 11.0. The molecule has 10 heteroatoms. The van der Waals surface area contributed by atoms with Crippen molar-refractivity contribution in [1.82, 2.24) is 9.97 Å². The minimum atomic E-state index is -5.04. The average molecular weight is 495 g/mol. The maximum absolute atomic E-state index is 14.0. The van der Waals surface area contributed by atoms with Gasteiger partial charge in [-0.2, -0.15) is 13.2 Å². The fraction of sp³-hybridized carbons (Fsp3) is 0.292. The van der Waals surface area contributed by atoms with E-state index in [0.29, 0.717) is 17.0 Å². The summed E-state index contributed by atoms with van der Waals surface area (Å²) in [4.78, 5) is 18.4. The molecule has 2 atom stereocenters. The Morgan fingerprint density at radius 3 is 2.26 bits per heavy atom. The number of carboxylic acids is 1. The monoisotopic (exact) mass is 494 g/mol. The van der Waals surface area contributed by atoms with E-state index >= 15 is 0 Å². The molecule has 3 rings (SSSR count). The molecule has 0 saturated heterocycles. The topological polar surface area (TPSA) is 92.5 Å². The van der Waals surface area contributed by atoms with Crippen LogP contribution in [0.2, 0.25) is 5.02 Å². The number of rotatable bonds is 8. The standard InChI is InChI=1S/C24H22ClF3N2O4/c1-14-11-30-21(12-29-14)23(33,24(26,27)28)15(2)19-8-7-18(10-20(19)25)34-13-17-5-3-16(4-6-17)9-22(31)32/h3-8,10-12,15,33H,9,13H2,1-2H3,(H,31,32). The van der Waals surface area contributed by atoms with Gasteiger partial charge < -0.3 is 14.9 Å². The van der Waals surface area contributed by atoms with Crippen molar-refractivity contribution in [2.75, 3.05) is 0 Å². The second-order valence-electron chi connectivity index (χ2n) is 7.89. The van der Waals surface area contributed by atoms with Crippen molar-refractivity contribution in [1.29, 1.82) is 0 Å². The third-order valence-electron chi connectivity index (χ3n) is 5.45. The van der Waals surface area contributed by atoms with Crippen LogP contribution in [0.25, 0.3) is 0 Å².